The highest BCUT2D eigenvalue weighted by atomic mass is 32.1. The standard InChI is InChI=1S/C15H22N4S/c1-15(2,3)13-12(8-17-10-5-6-10)20-14(18-13)11-7-16-9-19(11)4/h7,9-10,17H,5-6,8H2,1-4H3. The van der Waals surface area contributed by atoms with Gasteiger partial charge in [-0.1, -0.05) is 20.8 Å². The number of aryl methyl sites for hydroxylation is 1. The van der Waals surface area contributed by atoms with Gasteiger partial charge in [-0.15, -0.1) is 11.3 Å². The average Bonchev–Trinajstić information content (AvgIpc) is 2.93. The lowest BCUT2D eigenvalue weighted by molar-refractivity contribution is 0.559. The highest BCUT2D eigenvalue weighted by Crippen LogP contribution is 2.34. The maximum Gasteiger partial charge on any atom is 0.142 e. The number of nitrogens with one attached hydrogen (secondary N) is 1. The molecule has 2 heterocycles. The fourth-order valence-electron chi connectivity index (χ4n) is 2.25. The number of rotatable bonds is 4. The first kappa shape index (κ1) is 13.8. The summed E-state index contributed by atoms with van der Waals surface area (Å²) in [5.41, 5.74) is 2.39. The Morgan fingerprint density at radius 2 is 2.15 bits per heavy atom. The van der Waals surface area contributed by atoms with Crippen molar-refractivity contribution in [2.45, 2.75) is 51.6 Å². The van der Waals surface area contributed by atoms with Gasteiger partial charge in [0, 0.05) is 29.9 Å². The molecule has 0 aliphatic heterocycles. The van der Waals surface area contributed by atoms with Gasteiger partial charge in [-0.3, -0.25) is 0 Å². The SMILES string of the molecule is Cn1cncc1-c1nc(C(C)(C)C)c(CNC2CC2)s1. The molecule has 108 valence electrons. The van der Waals surface area contributed by atoms with Crippen molar-refractivity contribution in [1.29, 1.82) is 0 Å². The van der Waals surface area contributed by atoms with Gasteiger partial charge in [0.25, 0.3) is 0 Å². The zero-order valence-electron chi connectivity index (χ0n) is 12.6. The second-order valence-electron chi connectivity index (χ2n) is 6.59. The Balaban J connectivity index is 1.94. The van der Waals surface area contributed by atoms with Gasteiger partial charge in [0.2, 0.25) is 0 Å². The molecule has 20 heavy (non-hydrogen) atoms. The van der Waals surface area contributed by atoms with Crippen molar-refractivity contribution in [1.82, 2.24) is 19.9 Å². The number of thiazole rings is 1. The van der Waals surface area contributed by atoms with Gasteiger partial charge in [-0.2, -0.15) is 0 Å². The minimum absolute atomic E-state index is 0.0773. The van der Waals surface area contributed by atoms with Crippen LogP contribution in [0.1, 0.15) is 44.2 Å². The van der Waals surface area contributed by atoms with E-state index in [2.05, 4.69) is 31.1 Å². The third-order valence-corrected chi connectivity index (χ3v) is 4.65. The Morgan fingerprint density at radius 3 is 2.70 bits per heavy atom. The molecule has 0 radical (unpaired) electrons. The Bertz CT molecular complexity index is 602. The molecule has 1 N–H and O–H groups in total. The fraction of sp³-hybridized carbons (Fsp3) is 0.600. The molecule has 1 saturated carbocycles. The van der Waals surface area contributed by atoms with Gasteiger partial charge in [0.1, 0.15) is 5.01 Å². The molecule has 0 aromatic carbocycles. The summed E-state index contributed by atoms with van der Waals surface area (Å²) in [6.07, 6.45) is 6.36. The average molecular weight is 290 g/mol. The van der Waals surface area contributed by atoms with Crippen LogP contribution in [0.2, 0.25) is 0 Å². The van der Waals surface area contributed by atoms with Crippen molar-refractivity contribution < 1.29 is 0 Å². The third kappa shape index (κ3) is 2.79. The summed E-state index contributed by atoms with van der Waals surface area (Å²) in [5, 5.41) is 4.68. The summed E-state index contributed by atoms with van der Waals surface area (Å²) < 4.78 is 2.03. The number of hydrogen-bond acceptors (Lipinski definition) is 4. The molecule has 2 aromatic heterocycles. The van der Waals surface area contributed by atoms with E-state index < -0.39 is 0 Å². The molecule has 0 unspecified atom stereocenters. The third-order valence-electron chi connectivity index (χ3n) is 3.57. The largest absolute Gasteiger partial charge is 0.332 e. The van der Waals surface area contributed by atoms with Crippen LogP contribution in [-0.2, 0) is 19.0 Å². The summed E-state index contributed by atoms with van der Waals surface area (Å²) >= 11 is 1.79. The Kier molecular flexibility index (Phi) is 3.42. The van der Waals surface area contributed by atoms with Crippen LogP contribution in [0.4, 0.5) is 0 Å². The summed E-state index contributed by atoms with van der Waals surface area (Å²) in [7, 11) is 2.02. The lowest BCUT2D eigenvalue weighted by atomic mass is 9.91. The number of imidazole rings is 1. The van der Waals surface area contributed by atoms with E-state index in [-0.39, 0.29) is 5.41 Å². The van der Waals surface area contributed by atoms with Crippen molar-refractivity contribution >= 4 is 11.3 Å². The maximum absolute atomic E-state index is 4.90. The quantitative estimate of drug-likeness (QED) is 0.941. The van der Waals surface area contributed by atoms with Gasteiger partial charge in [0.15, 0.2) is 0 Å². The first-order valence-electron chi connectivity index (χ1n) is 7.15. The first-order valence-corrected chi connectivity index (χ1v) is 7.97. The van der Waals surface area contributed by atoms with E-state index in [1.54, 1.807) is 11.3 Å². The normalized spacial score (nSPS) is 15.8. The van der Waals surface area contributed by atoms with Crippen LogP contribution >= 0.6 is 11.3 Å². The van der Waals surface area contributed by atoms with Crippen LogP contribution in [-0.4, -0.2) is 20.6 Å². The maximum atomic E-state index is 4.90. The second kappa shape index (κ2) is 4.97. The van der Waals surface area contributed by atoms with E-state index >= 15 is 0 Å². The van der Waals surface area contributed by atoms with Crippen molar-refractivity contribution in [3.05, 3.63) is 23.1 Å². The number of hydrogen-bond donors (Lipinski definition) is 1. The molecule has 3 rings (SSSR count). The van der Waals surface area contributed by atoms with Crippen LogP contribution in [0.15, 0.2) is 12.5 Å². The fourth-order valence-corrected chi connectivity index (χ4v) is 3.53. The molecular formula is C15H22N4S. The lowest BCUT2D eigenvalue weighted by Gasteiger charge is -2.17. The summed E-state index contributed by atoms with van der Waals surface area (Å²) in [6.45, 7) is 7.63. The predicted octanol–water partition coefficient (Wildman–Crippen LogP) is 3.09. The molecule has 0 atom stereocenters. The van der Waals surface area contributed by atoms with Crippen molar-refractivity contribution in [3.63, 3.8) is 0 Å². The first-order chi connectivity index (χ1) is 9.45. The van der Waals surface area contributed by atoms with E-state index in [1.165, 1.54) is 23.4 Å². The molecule has 5 heteroatoms. The van der Waals surface area contributed by atoms with Gasteiger partial charge < -0.3 is 9.88 Å². The highest BCUT2D eigenvalue weighted by molar-refractivity contribution is 7.15. The zero-order chi connectivity index (χ0) is 14.3. The van der Waals surface area contributed by atoms with Crippen LogP contribution in [0.3, 0.4) is 0 Å². The number of aromatic nitrogens is 3. The molecule has 1 aliphatic carbocycles. The molecule has 1 aliphatic rings. The van der Waals surface area contributed by atoms with Gasteiger partial charge in [0.05, 0.1) is 23.9 Å². The summed E-state index contributed by atoms with van der Waals surface area (Å²) in [6, 6.07) is 0.727. The van der Waals surface area contributed by atoms with Crippen molar-refractivity contribution in [2.24, 2.45) is 7.05 Å². The highest BCUT2D eigenvalue weighted by Gasteiger charge is 2.26. The topological polar surface area (TPSA) is 42.7 Å². The smallest absolute Gasteiger partial charge is 0.142 e. The molecular weight excluding hydrogens is 268 g/mol. The minimum atomic E-state index is 0.0773. The Morgan fingerprint density at radius 1 is 1.40 bits per heavy atom. The van der Waals surface area contributed by atoms with Crippen LogP contribution in [0, 0.1) is 0 Å². The van der Waals surface area contributed by atoms with Crippen LogP contribution in [0.5, 0.6) is 0 Å². The minimum Gasteiger partial charge on any atom is -0.332 e. The van der Waals surface area contributed by atoms with E-state index in [0.29, 0.717) is 0 Å². The zero-order valence-corrected chi connectivity index (χ0v) is 13.4. The molecule has 1 fully saturated rings. The van der Waals surface area contributed by atoms with Gasteiger partial charge in [-0.05, 0) is 12.8 Å². The summed E-state index contributed by atoms with van der Waals surface area (Å²) in [4.78, 5) is 10.5. The molecule has 0 saturated heterocycles. The monoisotopic (exact) mass is 290 g/mol. The molecule has 0 amide bonds. The van der Waals surface area contributed by atoms with Crippen LogP contribution < -0.4 is 5.32 Å². The van der Waals surface area contributed by atoms with E-state index in [9.17, 15) is 0 Å². The van der Waals surface area contributed by atoms with Crippen molar-refractivity contribution in [3.8, 4) is 10.7 Å². The van der Waals surface area contributed by atoms with Gasteiger partial charge >= 0.3 is 0 Å². The second-order valence-corrected chi connectivity index (χ2v) is 7.67. The molecule has 4 nitrogen and oxygen atoms in total. The Hall–Kier alpha value is -1.20. The van der Waals surface area contributed by atoms with Crippen LogP contribution in [0.25, 0.3) is 10.7 Å². The van der Waals surface area contributed by atoms with E-state index in [1.807, 2.05) is 24.1 Å². The van der Waals surface area contributed by atoms with E-state index in [0.717, 1.165) is 23.3 Å². The number of nitrogens with zero attached hydrogens (tertiary/aromatic N) is 3. The Labute approximate surface area is 124 Å². The van der Waals surface area contributed by atoms with E-state index in [4.69, 9.17) is 4.98 Å². The lowest BCUT2D eigenvalue weighted by Crippen LogP contribution is -2.19. The van der Waals surface area contributed by atoms with Crippen molar-refractivity contribution in [2.75, 3.05) is 0 Å². The summed E-state index contributed by atoms with van der Waals surface area (Å²) in [5.74, 6) is 0. The predicted molar refractivity (Wildman–Crippen MR) is 82.9 cm³/mol. The molecule has 2 aromatic rings. The molecule has 0 spiro atoms. The molecule has 0 bridgehead atoms. The van der Waals surface area contributed by atoms with Gasteiger partial charge in [-0.25, -0.2) is 9.97 Å².